The lowest BCUT2D eigenvalue weighted by atomic mass is 9.13. The summed E-state index contributed by atoms with van der Waals surface area (Å²) in [4.78, 5) is 0.894. The molecule has 0 atom stereocenters. The summed E-state index contributed by atoms with van der Waals surface area (Å²) in [6, 6.07) is 74.4. The predicted molar refractivity (Wildman–Crippen MR) is 234 cm³/mol. The quantitative estimate of drug-likeness (QED) is 0.0736. The molecule has 0 unspecified atom stereocenters. The van der Waals surface area contributed by atoms with Gasteiger partial charge < -0.3 is 4.42 Å². The van der Waals surface area contributed by atoms with Crippen molar-refractivity contribution in [3.63, 3.8) is 0 Å². The molecule has 0 fully saturated rings. The van der Waals surface area contributed by atoms with E-state index in [1.807, 2.05) is 36.4 Å². The van der Waals surface area contributed by atoms with Crippen molar-refractivity contribution in [2.45, 2.75) is 4.90 Å². The van der Waals surface area contributed by atoms with Gasteiger partial charge in [0.15, 0.2) is 10.5 Å². The van der Waals surface area contributed by atoms with Gasteiger partial charge in [-0.25, -0.2) is 0 Å². The van der Waals surface area contributed by atoms with Gasteiger partial charge in [-0.1, -0.05) is 206 Å². The molecule has 1 nitrogen and oxygen atoms in total. The highest BCUT2D eigenvalue weighted by atomic mass is 32.1. The Morgan fingerprint density at radius 3 is 1.26 bits per heavy atom. The van der Waals surface area contributed by atoms with E-state index in [2.05, 4.69) is 189 Å². The van der Waals surface area contributed by atoms with Gasteiger partial charge in [-0.2, -0.15) is 21.9 Å². The van der Waals surface area contributed by atoms with Crippen LogP contribution in [0.4, 0.5) is 0 Å². The first-order chi connectivity index (χ1) is 26.2. The van der Waals surface area contributed by atoms with Crippen molar-refractivity contribution in [3.05, 3.63) is 217 Å². The fraction of sp³-hybridized carbons (Fsp3) is 0. The molecule has 4 heteroatoms. The maximum Gasteiger partial charge on any atom is 0.194 e. The Bertz CT molecular complexity index is 2500. The molecule has 9 rings (SSSR count). The fourth-order valence-corrected chi connectivity index (χ4v) is 8.53. The summed E-state index contributed by atoms with van der Waals surface area (Å²) in [6.07, 6.45) is -1.22. The maximum atomic E-state index is 6.30. The molecule has 0 radical (unpaired) electrons. The highest BCUT2D eigenvalue weighted by Crippen LogP contribution is 2.42. The Hall–Kier alpha value is -5.94. The molecule has 0 aliphatic heterocycles. The zero-order valence-corrected chi connectivity index (χ0v) is 30.9. The predicted octanol–water partition coefficient (Wildman–Crippen LogP) is 10.1. The van der Waals surface area contributed by atoms with Crippen LogP contribution in [0.25, 0.3) is 44.2 Å². The van der Waals surface area contributed by atoms with Crippen molar-refractivity contribution in [2.24, 2.45) is 0 Å². The molecule has 0 N–H and O–H groups in total. The normalized spacial score (nSPS) is 11.2. The van der Waals surface area contributed by atoms with Crippen LogP contribution in [0.5, 0.6) is 0 Å². The second-order valence-electron chi connectivity index (χ2n) is 13.2. The molecule has 53 heavy (non-hydrogen) atoms. The lowest BCUT2D eigenvalue weighted by molar-refractivity contribution is 0.652. The molecule has 9 aromatic rings. The molecule has 0 bridgehead atoms. The monoisotopic (exact) mass is 716 g/mol. The zero-order chi connectivity index (χ0) is 36.0. The Morgan fingerprint density at radius 2 is 0.811 bits per heavy atom. The van der Waals surface area contributed by atoms with E-state index in [-0.39, 0.29) is 0 Å². The van der Waals surface area contributed by atoms with Gasteiger partial charge in [0.25, 0.3) is 0 Å². The fourth-order valence-electron chi connectivity index (χ4n) is 7.85. The third-order valence-corrected chi connectivity index (χ3v) is 11.0. The molecule has 0 aliphatic carbocycles. The van der Waals surface area contributed by atoms with Crippen LogP contribution in [0.1, 0.15) is 0 Å². The molecule has 0 saturated heterocycles. The van der Waals surface area contributed by atoms with Crippen molar-refractivity contribution in [2.75, 3.05) is 0 Å². The van der Waals surface area contributed by atoms with Crippen LogP contribution in [0.15, 0.2) is 222 Å². The largest absolute Gasteiger partial charge is 0.451 e. The molecule has 0 saturated carbocycles. The lowest BCUT2D eigenvalue weighted by Crippen LogP contribution is -2.74. The molecule has 254 valence electrons. The maximum absolute atomic E-state index is 6.30. The molecule has 0 amide bonds. The van der Waals surface area contributed by atoms with Gasteiger partial charge in [0.2, 0.25) is 0 Å². The summed E-state index contributed by atoms with van der Waals surface area (Å²) in [6.45, 7) is 0. The number of benzene rings is 8. The molecular weight excluding hydrogens is 679 g/mol. The van der Waals surface area contributed by atoms with E-state index in [1.54, 1.807) is 0 Å². The van der Waals surface area contributed by atoms with E-state index >= 15 is 0 Å². The Balaban J connectivity index is 0.000000152. The van der Waals surface area contributed by atoms with Crippen molar-refractivity contribution in [3.8, 4) is 22.3 Å². The summed E-state index contributed by atoms with van der Waals surface area (Å²) in [5.74, 6) is 0. The van der Waals surface area contributed by atoms with Gasteiger partial charge in [0.05, 0.1) is 4.51 Å². The minimum absolute atomic E-state index is 0.777. The van der Waals surface area contributed by atoms with Gasteiger partial charge in [-0.05, 0) is 41.5 Å². The number of hydrogen-bond donors (Lipinski definition) is 0. The SMILES string of the molecule is S=c1c2ccccc2oc2c([SH2+])cc(-c3ccccc3)c(-c3ccccc3)c12.c1ccc([B-](c2ccccc2)(c2ccccc2)c2ccccc2)cc1. The average molecular weight is 717 g/mol. The summed E-state index contributed by atoms with van der Waals surface area (Å²) >= 11 is 9.76. The number of hydrogen-bond acceptors (Lipinski definition) is 2. The highest BCUT2D eigenvalue weighted by Gasteiger charge is 2.31. The third kappa shape index (κ3) is 6.53. The van der Waals surface area contributed by atoms with Crippen molar-refractivity contribution in [1.82, 2.24) is 0 Å². The first-order valence-electron chi connectivity index (χ1n) is 17.9. The summed E-state index contributed by atoms with van der Waals surface area (Å²) in [5, 5.41) is 1.92. The molecule has 1 aromatic heterocycles. The van der Waals surface area contributed by atoms with E-state index in [9.17, 15) is 0 Å². The summed E-state index contributed by atoms with van der Waals surface area (Å²) in [7, 11) is 0. The number of rotatable bonds is 6. The Kier molecular flexibility index (Phi) is 9.90. The highest BCUT2D eigenvalue weighted by molar-refractivity contribution is 7.72. The zero-order valence-electron chi connectivity index (χ0n) is 29.1. The molecule has 1 heterocycles. The minimum Gasteiger partial charge on any atom is -0.451 e. The standard InChI is InChI=1S/C25H16OS2.C24H20B/c27-21-15-19(16-9-3-1-4-10-16)22(17-11-5-2-6-12-17)23-24(21)26-20-14-8-7-13-18(20)25(23)28;1-5-13-21(14-6-1)25(22-15-7-2-8-16-22,23-17-9-3-10-18-23)24-19-11-4-12-20-24/h1-15,27H;1-20H/q;-1/p+1. The van der Waals surface area contributed by atoms with Gasteiger partial charge in [-0.3, -0.25) is 0 Å². The van der Waals surface area contributed by atoms with E-state index in [1.165, 1.54) is 21.9 Å². The van der Waals surface area contributed by atoms with Crippen LogP contribution in [-0.4, -0.2) is 6.15 Å². The first kappa shape index (κ1) is 34.2. The summed E-state index contributed by atoms with van der Waals surface area (Å²) < 4.78 is 7.11. The van der Waals surface area contributed by atoms with Crippen molar-refractivity contribution < 1.29 is 4.42 Å². The van der Waals surface area contributed by atoms with Crippen LogP contribution in [0.3, 0.4) is 0 Å². The smallest absolute Gasteiger partial charge is 0.194 e. The third-order valence-electron chi connectivity index (χ3n) is 10.2. The molecular formula is C49H37BOS2. The van der Waals surface area contributed by atoms with Gasteiger partial charge in [-0.15, -0.1) is 0 Å². The molecule has 0 spiro atoms. The van der Waals surface area contributed by atoms with Crippen LogP contribution in [0, 0.1) is 4.51 Å². The summed E-state index contributed by atoms with van der Waals surface area (Å²) in [5.41, 5.74) is 11.4. The van der Waals surface area contributed by atoms with E-state index < -0.39 is 6.15 Å². The van der Waals surface area contributed by atoms with Crippen molar-refractivity contribution in [1.29, 1.82) is 0 Å². The molecule has 8 aromatic carbocycles. The van der Waals surface area contributed by atoms with Crippen LogP contribution in [-0.2, 0) is 12.6 Å². The number of para-hydroxylation sites is 1. The topological polar surface area (TPSA) is 13.1 Å². The van der Waals surface area contributed by atoms with E-state index in [0.717, 1.165) is 53.6 Å². The second-order valence-corrected chi connectivity index (χ2v) is 14.2. The van der Waals surface area contributed by atoms with Crippen LogP contribution < -0.4 is 21.9 Å². The second kappa shape index (κ2) is 15.4. The van der Waals surface area contributed by atoms with Gasteiger partial charge in [0.1, 0.15) is 11.7 Å². The van der Waals surface area contributed by atoms with Crippen molar-refractivity contribution >= 4 is 74.8 Å². The number of fused-ring (bicyclic) bond motifs is 2. The Labute approximate surface area is 321 Å². The molecule has 0 aliphatic rings. The lowest BCUT2D eigenvalue weighted by Gasteiger charge is -2.44. The Morgan fingerprint density at radius 1 is 0.434 bits per heavy atom. The van der Waals surface area contributed by atoms with Gasteiger partial charge in [0, 0.05) is 22.4 Å². The van der Waals surface area contributed by atoms with Crippen LogP contribution in [0.2, 0.25) is 0 Å². The minimum atomic E-state index is -1.22. The van der Waals surface area contributed by atoms with E-state index in [4.69, 9.17) is 16.6 Å². The van der Waals surface area contributed by atoms with E-state index in [0.29, 0.717) is 0 Å². The average Bonchev–Trinajstić information content (AvgIpc) is 3.24. The van der Waals surface area contributed by atoms with Crippen LogP contribution >= 0.6 is 12.2 Å². The first-order valence-corrected chi connectivity index (χ1v) is 18.8. The van der Waals surface area contributed by atoms with Gasteiger partial charge >= 0.3 is 0 Å².